The fourth-order valence-electron chi connectivity index (χ4n) is 3.23. The molecule has 0 heterocycles. The molecule has 0 spiro atoms. The van der Waals surface area contributed by atoms with E-state index in [1.807, 2.05) is 20.8 Å². The maximum absolute atomic E-state index is 6.11. The van der Waals surface area contributed by atoms with Crippen molar-refractivity contribution >= 4 is 0 Å². The summed E-state index contributed by atoms with van der Waals surface area (Å²) < 4.78 is 0. The van der Waals surface area contributed by atoms with Crippen molar-refractivity contribution in [2.45, 2.75) is 124 Å². The van der Waals surface area contributed by atoms with Crippen molar-refractivity contribution in [1.29, 1.82) is 0 Å². The lowest BCUT2D eigenvalue weighted by molar-refractivity contribution is -1.48. The van der Waals surface area contributed by atoms with E-state index in [4.69, 9.17) is 19.4 Å². The van der Waals surface area contributed by atoms with Gasteiger partial charge in [-0.25, -0.2) is 0 Å². The highest BCUT2D eigenvalue weighted by Gasteiger charge is 2.44. The zero-order chi connectivity index (χ0) is 20.4. The molecule has 0 rings (SSSR count). The first-order chi connectivity index (χ1) is 12.9. The predicted octanol–water partition coefficient (Wildman–Crippen LogP) is 4.07. The number of quaternary nitrogens is 1. The molecule has 0 aromatic carbocycles. The summed E-state index contributed by atoms with van der Waals surface area (Å²) in [5.74, 6) is 0. The first-order valence-corrected chi connectivity index (χ1v) is 11.5. The molecular weight excluding hydrogens is 422 g/mol. The molecule has 0 saturated carbocycles. The van der Waals surface area contributed by atoms with Gasteiger partial charge in [-0.1, -0.05) is 96.9 Å². The number of unbranched alkanes of at least 4 members (excludes halogenated alkanes) is 10. The van der Waals surface area contributed by atoms with Crippen molar-refractivity contribution in [2.75, 3.05) is 19.8 Å². The summed E-state index contributed by atoms with van der Waals surface area (Å²) in [7, 11) is 0. The molecule has 5 nitrogen and oxygen atoms in total. The van der Waals surface area contributed by atoms with Crippen LogP contribution in [0.1, 0.15) is 119 Å². The maximum atomic E-state index is 6.11. The highest BCUT2D eigenvalue weighted by molar-refractivity contribution is 4.66. The molecule has 0 unspecified atom stereocenters. The SMILES string of the molecule is CCCCCCCCCCCCCC(C)(C)O[N+](OCC)(OCC)OCC.[Br-]. The molecule has 28 heavy (non-hydrogen) atoms. The minimum Gasteiger partial charge on any atom is -1.00 e. The van der Waals surface area contributed by atoms with Gasteiger partial charge < -0.3 is 17.0 Å². The number of hydrogen-bond acceptors (Lipinski definition) is 4. The standard InChI is InChI=1S/C22H48NO4.BrH/c1-7-11-12-13-14-15-16-17-18-19-20-21-22(5,6)27-23(24-8-2,25-9-3)26-10-4;/h7-21H2,1-6H3;1H/q+1;/p-1. The molecule has 0 amide bonds. The fourth-order valence-corrected chi connectivity index (χ4v) is 3.23. The predicted molar refractivity (Wildman–Crippen MR) is 111 cm³/mol. The van der Waals surface area contributed by atoms with Crippen LogP contribution in [-0.4, -0.2) is 30.6 Å². The average molecular weight is 471 g/mol. The third kappa shape index (κ3) is 16.1. The summed E-state index contributed by atoms with van der Waals surface area (Å²) in [6.45, 7) is 13.5. The Kier molecular flexibility index (Phi) is 21.0. The van der Waals surface area contributed by atoms with Crippen LogP contribution >= 0.6 is 0 Å². The molecule has 0 aromatic rings. The Bertz CT molecular complexity index is 313. The summed E-state index contributed by atoms with van der Waals surface area (Å²) in [6, 6.07) is 0. The van der Waals surface area contributed by atoms with Crippen LogP contribution in [0.25, 0.3) is 0 Å². The Morgan fingerprint density at radius 1 is 0.571 bits per heavy atom. The van der Waals surface area contributed by atoms with Crippen LogP contribution in [0.2, 0.25) is 0 Å². The second-order valence-corrected chi connectivity index (χ2v) is 7.84. The number of halogens is 1. The molecule has 0 aliphatic carbocycles. The third-order valence-corrected chi connectivity index (χ3v) is 4.60. The maximum Gasteiger partial charge on any atom is 0.247 e. The molecule has 6 heteroatoms. The van der Waals surface area contributed by atoms with Gasteiger partial charge >= 0.3 is 0 Å². The van der Waals surface area contributed by atoms with E-state index in [-0.39, 0.29) is 22.6 Å². The van der Waals surface area contributed by atoms with Gasteiger partial charge in [0.1, 0.15) is 25.4 Å². The van der Waals surface area contributed by atoms with E-state index in [0.717, 1.165) is 12.8 Å². The summed E-state index contributed by atoms with van der Waals surface area (Å²) in [4.78, 5) is 23.0. The summed E-state index contributed by atoms with van der Waals surface area (Å²) in [5, 5.41) is -0.630. The Morgan fingerprint density at radius 2 is 0.929 bits per heavy atom. The molecule has 0 atom stereocenters. The number of hydrogen-bond donors (Lipinski definition) is 0. The highest BCUT2D eigenvalue weighted by atomic mass is 79.9. The number of nitrogens with zero attached hydrogens (tertiary/aromatic N) is 1. The van der Waals surface area contributed by atoms with Gasteiger partial charge in [-0.2, -0.15) is 0 Å². The van der Waals surface area contributed by atoms with E-state index in [9.17, 15) is 0 Å². The minimum absolute atomic E-state index is 0. The van der Waals surface area contributed by atoms with E-state index in [1.165, 1.54) is 64.2 Å². The molecule has 0 aliphatic rings. The van der Waals surface area contributed by atoms with E-state index in [0.29, 0.717) is 19.8 Å². The van der Waals surface area contributed by atoms with Gasteiger partial charge in [-0.3, -0.25) is 0 Å². The van der Waals surface area contributed by atoms with Crippen LogP contribution in [0.3, 0.4) is 0 Å². The molecule has 0 saturated heterocycles. The van der Waals surface area contributed by atoms with Crippen molar-refractivity contribution in [3.8, 4) is 0 Å². The van der Waals surface area contributed by atoms with Gasteiger partial charge in [-0.15, -0.1) is 0 Å². The average Bonchev–Trinajstić information content (AvgIpc) is 2.60. The largest absolute Gasteiger partial charge is 1.00 e. The van der Waals surface area contributed by atoms with Gasteiger partial charge in [0.2, 0.25) is 5.14 Å². The Balaban J connectivity index is 0. The van der Waals surface area contributed by atoms with Gasteiger partial charge in [0, 0.05) is 0 Å². The van der Waals surface area contributed by atoms with Gasteiger partial charge in [0.05, 0.1) is 0 Å². The lowest BCUT2D eigenvalue weighted by Gasteiger charge is -2.32. The van der Waals surface area contributed by atoms with Gasteiger partial charge in [0.25, 0.3) is 0 Å². The molecule has 0 N–H and O–H groups in total. The van der Waals surface area contributed by atoms with E-state index >= 15 is 0 Å². The fraction of sp³-hybridized carbons (Fsp3) is 1.00. The monoisotopic (exact) mass is 469 g/mol. The van der Waals surface area contributed by atoms with E-state index in [2.05, 4.69) is 20.8 Å². The topological polar surface area (TPSA) is 36.9 Å². The molecule has 0 aliphatic heterocycles. The molecular formula is C22H48BrNO4. The molecule has 0 aromatic heterocycles. The van der Waals surface area contributed by atoms with Crippen LogP contribution < -0.4 is 17.0 Å². The van der Waals surface area contributed by atoms with Crippen LogP contribution in [0.4, 0.5) is 0 Å². The van der Waals surface area contributed by atoms with E-state index < -0.39 is 5.14 Å². The molecule has 0 bridgehead atoms. The van der Waals surface area contributed by atoms with Crippen molar-refractivity contribution < 1.29 is 41.5 Å². The molecule has 172 valence electrons. The second-order valence-electron chi connectivity index (χ2n) is 7.84. The zero-order valence-electron chi connectivity index (χ0n) is 19.6. The van der Waals surface area contributed by atoms with Gasteiger partial charge in [0.15, 0.2) is 0 Å². The van der Waals surface area contributed by atoms with Crippen molar-refractivity contribution in [3.05, 3.63) is 0 Å². The molecule has 0 radical (unpaired) electrons. The zero-order valence-corrected chi connectivity index (χ0v) is 21.2. The summed E-state index contributed by atoms with van der Waals surface area (Å²) in [5.41, 5.74) is -0.376. The number of rotatable bonds is 20. The van der Waals surface area contributed by atoms with Crippen molar-refractivity contribution in [2.24, 2.45) is 0 Å². The highest BCUT2D eigenvalue weighted by Crippen LogP contribution is 2.27. The van der Waals surface area contributed by atoms with Crippen LogP contribution in [-0.2, 0) is 19.4 Å². The summed E-state index contributed by atoms with van der Waals surface area (Å²) in [6.07, 6.45) is 15.8. The summed E-state index contributed by atoms with van der Waals surface area (Å²) >= 11 is 0. The lowest BCUT2D eigenvalue weighted by Crippen LogP contribution is -3.00. The third-order valence-electron chi connectivity index (χ3n) is 4.60. The Hall–Kier alpha value is 0.280. The molecule has 0 fully saturated rings. The van der Waals surface area contributed by atoms with Crippen molar-refractivity contribution in [1.82, 2.24) is 0 Å². The quantitative estimate of drug-likeness (QED) is 0.153. The smallest absolute Gasteiger partial charge is 0.247 e. The Morgan fingerprint density at radius 3 is 1.29 bits per heavy atom. The Labute approximate surface area is 185 Å². The first kappa shape index (κ1) is 30.5. The lowest BCUT2D eigenvalue weighted by atomic mass is 9.99. The minimum atomic E-state index is -0.630. The van der Waals surface area contributed by atoms with Crippen LogP contribution in [0, 0.1) is 0 Å². The van der Waals surface area contributed by atoms with E-state index in [1.54, 1.807) is 0 Å². The van der Waals surface area contributed by atoms with Crippen molar-refractivity contribution in [3.63, 3.8) is 0 Å². The normalized spacial score (nSPS) is 12.2. The van der Waals surface area contributed by atoms with Crippen LogP contribution in [0.15, 0.2) is 0 Å². The second kappa shape index (κ2) is 19.3. The first-order valence-electron chi connectivity index (χ1n) is 11.5. The van der Waals surface area contributed by atoms with Gasteiger partial charge in [-0.05, 0) is 41.0 Å². The van der Waals surface area contributed by atoms with Crippen LogP contribution in [0.5, 0.6) is 0 Å².